The standard InChI is InChI=1S/C16H21BrN4/c1-3-21-15(16(17)11(2)19-21)10-20-9-13(18)8-12-6-4-5-7-14(12)20/h4-7,13H,3,8-10,18H2,1-2H3. The molecule has 21 heavy (non-hydrogen) atoms. The second kappa shape index (κ2) is 5.81. The minimum atomic E-state index is 0.192. The van der Waals surface area contributed by atoms with Gasteiger partial charge >= 0.3 is 0 Å². The molecule has 1 aromatic heterocycles. The Morgan fingerprint density at radius 2 is 2.14 bits per heavy atom. The number of anilines is 1. The van der Waals surface area contributed by atoms with Crippen LogP contribution in [0.25, 0.3) is 0 Å². The molecular weight excluding hydrogens is 328 g/mol. The largest absolute Gasteiger partial charge is 0.364 e. The second-order valence-corrected chi connectivity index (χ2v) is 6.43. The zero-order valence-corrected chi connectivity index (χ0v) is 14.1. The highest BCUT2D eigenvalue weighted by Gasteiger charge is 2.24. The highest BCUT2D eigenvalue weighted by molar-refractivity contribution is 9.10. The van der Waals surface area contributed by atoms with E-state index in [4.69, 9.17) is 5.73 Å². The van der Waals surface area contributed by atoms with Gasteiger partial charge in [-0.15, -0.1) is 0 Å². The van der Waals surface area contributed by atoms with Crippen LogP contribution in [0.5, 0.6) is 0 Å². The van der Waals surface area contributed by atoms with Crippen molar-refractivity contribution in [1.82, 2.24) is 9.78 Å². The molecule has 0 saturated heterocycles. The molecule has 2 N–H and O–H groups in total. The van der Waals surface area contributed by atoms with Crippen molar-refractivity contribution in [1.29, 1.82) is 0 Å². The van der Waals surface area contributed by atoms with E-state index in [1.165, 1.54) is 16.9 Å². The first-order chi connectivity index (χ1) is 10.1. The molecule has 0 saturated carbocycles. The van der Waals surface area contributed by atoms with Crippen molar-refractivity contribution in [3.63, 3.8) is 0 Å². The average molecular weight is 349 g/mol. The SMILES string of the molecule is CCn1nc(C)c(Br)c1CN1CC(N)Cc2ccccc21. The Morgan fingerprint density at radius 3 is 2.90 bits per heavy atom. The lowest BCUT2D eigenvalue weighted by atomic mass is 9.98. The molecule has 0 aliphatic carbocycles. The van der Waals surface area contributed by atoms with Crippen LogP contribution in [0.1, 0.15) is 23.9 Å². The molecule has 1 aliphatic rings. The number of fused-ring (bicyclic) bond motifs is 1. The van der Waals surface area contributed by atoms with Crippen molar-refractivity contribution >= 4 is 21.6 Å². The molecule has 0 amide bonds. The molecule has 2 heterocycles. The molecule has 112 valence electrons. The summed E-state index contributed by atoms with van der Waals surface area (Å²) < 4.78 is 3.18. The molecule has 1 unspecified atom stereocenters. The van der Waals surface area contributed by atoms with E-state index in [1.807, 2.05) is 6.92 Å². The van der Waals surface area contributed by atoms with E-state index in [-0.39, 0.29) is 6.04 Å². The van der Waals surface area contributed by atoms with Gasteiger partial charge in [-0.3, -0.25) is 4.68 Å². The lowest BCUT2D eigenvalue weighted by molar-refractivity contribution is 0.565. The van der Waals surface area contributed by atoms with Crippen molar-refractivity contribution < 1.29 is 0 Å². The van der Waals surface area contributed by atoms with E-state index < -0.39 is 0 Å². The van der Waals surface area contributed by atoms with Crippen molar-refractivity contribution in [2.45, 2.75) is 39.4 Å². The number of hydrogen-bond acceptors (Lipinski definition) is 3. The number of aromatic nitrogens is 2. The van der Waals surface area contributed by atoms with E-state index in [0.717, 1.165) is 36.2 Å². The van der Waals surface area contributed by atoms with Crippen LogP contribution in [-0.4, -0.2) is 22.4 Å². The third-order valence-corrected chi connectivity index (χ3v) is 5.09. The first kappa shape index (κ1) is 14.6. The second-order valence-electron chi connectivity index (χ2n) is 5.64. The Bertz CT molecular complexity index is 650. The van der Waals surface area contributed by atoms with E-state index in [9.17, 15) is 0 Å². The summed E-state index contributed by atoms with van der Waals surface area (Å²) in [5.74, 6) is 0. The molecular formula is C16H21BrN4. The van der Waals surface area contributed by atoms with Crippen LogP contribution < -0.4 is 10.6 Å². The van der Waals surface area contributed by atoms with Gasteiger partial charge in [0.1, 0.15) is 0 Å². The summed E-state index contributed by atoms with van der Waals surface area (Å²) >= 11 is 3.68. The number of halogens is 1. The molecule has 1 aromatic carbocycles. The van der Waals surface area contributed by atoms with Gasteiger partial charge in [0.05, 0.1) is 22.4 Å². The Morgan fingerprint density at radius 1 is 1.38 bits per heavy atom. The molecule has 2 aromatic rings. The lowest BCUT2D eigenvalue weighted by Crippen LogP contribution is -2.43. The summed E-state index contributed by atoms with van der Waals surface area (Å²) in [6, 6.07) is 8.75. The minimum absolute atomic E-state index is 0.192. The van der Waals surface area contributed by atoms with Crippen LogP contribution in [0.4, 0.5) is 5.69 Å². The van der Waals surface area contributed by atoms with Gasteiger partial charge in [-0.25, -0.2) is 0 Å². The van der Waals surface area contributed by atoms with Gasteiger partial charge in [0, 0.05) is 24.8 Å². The summed E-state index contributed by atoms with van der Waals surface area (Å²) in [6.45, 7) is 6.76. The number of aryl methyl sites for hydroxylation is 2. The van der Waals surface area contributed by atoms with E-state index in [2.05, 4.69) is 61.8 Å². The quantitative estimate of drug-likeness (QED) is 0.927. The summed E-state index contributed by atoms with van der Waals surface area (Å²) in [5, 5.41) is 4.58. The first-order valence-electron chi connectivity index (χ1n) is 7.40. The van der Waals surface area contributed by atoms with Crippen molar-refractivity contribution in [2.24, 2.45) is 5.73 Å². The Labute approximate surface area is 134 Å². The fraction of sp³-hybridized carbons (Fsp3) is 0.438. The fourth-order valence-corrected chi connectivity index (χ4v) is 3.48. The molecule has 0 fully saturated rings. The van der Waals surface area contributed by atoms with Crippen LogP contribution in [0.3, 0.4) is 0 Å². The predicted octanol–water partition coefficient (Wildman–Crippen LogP) is 2.86. The van der Waals surface area contributed by atoms with Gasteiger partial charge < -0.3 is 10.6 Å². The smallest absolute Gasteiger partial charge is 0.0739 e. The first-order valence-corrected chi connectivity index (χ1v) is 8.19. The highest BCUT2D eigenvalue weighted by Crippen LogP contribution is 2.30. The Balaban J connectivity index is 1.95. The lowest BCUT2D eigenvalue weighted by Gasteiger charge is -2.34. The Hall–Kier alpha value is -1.33. The van der Waals surface area contributed by atoms with Gasteiger partial charge in [-0.05, 0) is 47.8 Å². The third kappa shape index (κ3) is 2.72. The molecule has 0 spiro atoms. The summed E-state index contributed by atoms with van der Waals surface area (Å²) in [4.78, 5) is 2.37. The van der Waals surface area contributed by atoms with Crippen LogP contribution >= 0.6 is 15.9 Å². The summed E-state index contributed by atoms with van der Waals surface area (Å²) in [6.07, 6.45) is 0.958. The van der Waals surface area contributed by atoms with E-state index >= 15 is 0 Å². The van der Waals surface area contributed by atoms with Crippen molar-refractivity contribution in [3.8, 4) is 0 Å². The monoisotopic (exact) mass is 348 g/mol. The number of benzene rings is 1. The van der Waals surface area contributed by atoms with Crippen LogP contribution in [0.2, 0.25) is 0 Å². The van der Waals surface area contributed by atoms with Gasteiger partial charge in [0.2, 0.25) is 0 Å². The molecule has 0 radical (unpaired) electrons. The maximum Gasteiger partial charge on any atom is 0.0739 e. The zero-order valence-electron chi connectivity index (χ0n) is 12.5. The molecule has 5 heteroatoms. The summed E-state index contributed by atoms with van der Waals surface area (Å²) in [7, 11) is 0. The van der Waals surface area contributed by atoms with Gasteiger partial charge in [0.25, 0.3) is 0 Å². The van der Waals surface area contributed by atoms with Crippen LogP contribution in [0, 0.1) is 6.92 Å². The topological polar surface area (TPSA) is 47.1 Å². The molecule has 4 nitrogen and oxygen atoms in total. The fourth-order valence-electron chi connectivity index (χ4n) is 3.07. The minimum Gasteiger partial charge on any atom is -0.364 e. The van der Waals surface area contributed by atoms with Gasteiger partial charge in [-0.1, -0.05) is 18.2 Å². The average Bonchev–Trinajstić information content (AvgIpc) is 2.75. The van der Waals surface area contributed by atoms with Crippen molar-refractivity contribution in [2.75, 3.05) is 11.4 Å². The van der Waals surface area contributed by atoms with E-state index in [0.29, 0.717) is 0 Å². The number of para-hydroxylation sites is 1. The number of rotatable bonds is 3. The normalized spacial score (nSPS) is 17.9. The number of nitrogens with zero attached hydrogens (tertiary/aromatic N) is 3. The molecule has 1 aliphatic heterocycles. The maximum absolute atomic E-state index is 6.23. The van der Waals surface area contributed by atoms with Gasteiger partial charge in [-0.2, -0.15) is 5.10 Å². The van der Waals surface area contributed by atoms with Crippen LogP contribution in [-0.2, 0) is 19.5 Å². The number of hydrogen-bond donors (Lipinski definition) is 1. The van der Waals surface area contributed by atoms with Gasteiger partial charge in [0.15, 0.2) is 0 Å². The molecule has 3 rings (SSSR count). The maximum atomic E-state index is 6.23. The third-order valence-electron chi connectivity index (χ3n) is 4.06. The number of nitrogens with two attached hydrogens (primary N) is 1. The predicted molar refractivity (Wildman–Crippen MR) is 89.5 cm³/mol. The highest BCUT2D eigenvalue weighted by atomic mass is 79.9. The molecule has 0 bridgehead atoms. The van der Waals surface area contributed by atoms with Crippen LogP contribution in [0.15, 0.2) is 28.7 Å². The summed E-state index contributed by atoms with van der Waals surface area (Å²) in [5.41, 5.74) is 11.1. The van der Waals surface area contributed by atoms with E-state index in [1.54, 1.807) is 0 Å². The zero-order chi connectivity index (χ0) is 15.0. The Kier molecular flexibility index (Phi) is 4.04. The van der Waals surface area contributed by atoms with Crippen molar-refractivity contribution in [3.05, 3.63) is 45.7 Å². The molecule has 1 atom stereocenters.